The van der Waals surface area contributed by atoms with Crippen LogP contribution in [0.2, 0.25) is 0 Å². The molecular formula is C34H52O4S. The number of fused-ring (bicyclic) bond motifs is 5. The van der Waals surface area contributed by atoms with Crippen LogP contribution in [0.15, 0.2) is 29.2 Å². The second-order valence-electron chi connectivity index (χ2n) is 14.2. The fraction of sp³-hybridized carbons (Fsp3) is 0.794. The zero-order valence-corrected chi connectivity index (χ0v) is 25.7. The number of hydrogen-bond donors (Lipinski definition) is 0. The molecular weight excluding hydrogens is 504 g/mol. The second-order valence-corrected chi connectivity index (χ2v) is 15.8. The van der Waals surface area contributed by atoms with Gasteiger partial charge in [-0.1, -0.05) is 77.0 Å². The van der Waals surface area contributed by atoms with Gasteiger partial charge in [0.15, 0.2) is 0 Å². The Labute approximate surface area is 238 Å². The summed E-state index contributed by atoms with van der Waals surface area (Å²) in [7, 11) is -3.80. The van der Waals surface area contributed by atoms with Gasteiger partial charge in [-0.15, -0.1) is 0 Å². The summed E-state index contributed by atoms with van der Waals surface area (Å²) in [5.74, 6) is 2.69. The summed E-state index contributed by atoms with van der Waals surface area (Å²) < 4.78 is 31.8. The van der Waals surface area contributed by atoms with Gasteiger partial charge in [0.1, 0.15) is 5.78 Å². The number of benzene rings is 1. The summed E-state index contributed by atoms with van der Waals surface area (Å²) in [6.45, 7) is 9.19. The summed E-state index contributed by atoms with van der Waals surface area (Å²) in [5.41, 5.74) is 1.47. The molecule has 1 aromatic carbocycles. The van der Waals surface area contributed by atoms with Gasteiger partial charge < -0.3 is 0 Å². The first-order chi connectivity index (χ1) is 18.6. The van der Waals surface area contributed by atoms with E-state index in [1.165, 1.54) is 64.2 Å². The van der Waals surface area contributed by atoms with E-state index < -0.39 is 10.1 Å². The lowest BCUT2D eigenvalue weighted by atomic mass is 9.44. The SMILES string of the molecule is CCCCCCCC[C@H]1CC[C@H]2[C@@H]3C(=O)C[C@H]4C[C@@H](OS(=O)(=O)c5ccc(C)cc5)CC[C@]4(C)[C@H]3CC[C@]12C. The van der Waals surface area contributed by atoms with Crippen molar-refractivity contribution in [1.29, 1.82) is 0 Å². The van der Waals surface area contributed by atoms with Crippen molar-refractivity contribution in [2.45, 2.75) is 135 Å². The first-order valence-corrected chi connectivity index (χ1v) is 17.5. The maximum Gasteiger partial charge on any atom is 0.297 e. The largest absolute Gasteiger partial charge is 0.299 e. The van der Waals surface area contributed by atoms with Crippen molar-refractivity contribution in [1.82, 2.24) is 0 Å². The Morgan fingerprint density at radius 1 is 0.872 bits per heavy atom. The molecule has 4 fully saturated rings. The third kappa shape index (κ3) is 5.65. The maximum atomic E-state index is 13.9. The predicted molar refractivity (Wildman–Crippen MR) is 157 cm³/mol. The van der Waals surface area contributed by atoms with Crippen molar-refractivity contribution >= 4 is 15.9 Å². The molecule has 0 bridgehead atoms. The first-order valence-electron chi connectivity index (χ1n) is 16.1. The molecule has 5 heteroatoms. The molecule has 1 aromatic rings. The van der Waals surface area contributed by atoms with Crippen molar-refractivity contribution in [2.24, 2.45) is 40.4 Å². The number of unbranched alkanes of at least 4 members (excludes halogenated alkanes) is 5. The van der Waals surface area contributed by atoms with Gasteiger partial charge in [0.2, 0.25) is 0 Å². The molecule has 0 radical (unpaired) electrons. The molecule has 0 N–H and O–H groups in total. The van der Waals surface area contributed by atoms with Crippen LogP contribution in [-0.4, -0.2) is 20.3 Å². The Morgan fingerprint density at radius 2 is 1.54 bits per heavy atom. The van der Waals surface area contributed by atoms with E-state index in [2.05, 4.69) is 20.8 Å². The number of ketones is 1. The smallest absolute Gasteiger partial charge is 0.297 e. The molecule has 0 aliphatic heterocycles. The summed E-state index contributed by atoms with van der Waals surface area (Å²) >= 11 is 0. The van der Waals surface area contributed by atoms with Crippen molar-refractivity contribution in [3.05, 3.63) is 29.8 Å². The van der Waals surface area contributed by atoms with Crippen molar-refractivity contribution in [2.75, 3.05) is 0 Å². The molecule has 0 amide bonds. The average molecular weight is 557 g/mol. The van der Waals surface area contributed by atoms with Crippen LogP contribution >= 0.6 is 0 Å². The zero-order valence-electron chi connectivity index (χ0n) is 24.9. The molecule has 0 saturated heterocycles. The lowest BCUT2D eigenvalue weighted by Crippen LogP contribution is -2.57. The van der Waals surface area contributed by atoms with E-state index in [0.29, 0.717) is 35.9 Å². The topological polar surface area (TPSA) is 60.4 Å². The highest BCUT2D eigenvalue weighted by molar-refractivity contribution is 7.86. The van der Waals surface area contributed by atoms with E-state index in [1.807, 2.05) is 19.1 Å². The molecule has 0 heterocycles. The average Bonchev–Trinajstić information content (AvgIpc) is 3.23. The second kappa shape index (κ2) is 11.6. The molecule has 4 aliphatic carbocycles. The molecule has 4 saturated carbocycles. The van der Waals surface area contributed by atoms with Crippen LogP contribution < -0.4 is 0 Å². The van der Waals surface area contributed by atoms with E-state index in [1.54, 1.807) is 12.1 Å². The van der Waals surface area contributed by atoms with Crippen LogP contribution in [0.4, 0.5) is 0 Å². The van der Waals surface area contributed by atoms with Crippen LogP contribution in [0.1, 0.15) is 123 Å². The minimum absolute atomic E-state index is 0.116. The molecule has 4 nitrogen and oxygen atoms in total. The highest BCUT2D eigenvalue weighted by Gasteiger charge is 2.62. The number of carbonyl (C=O) groups excluding carboxylic acids is 1. The Hall–Kier alpha value is -1.20. The Balaban J connectivity index is 1.23. The fourth-order valence-electron chi connectivity index (χ4n) is 9.67. The molecule has 0 aromatic heterocycles. The molecule has 218 valence electrons. The van der Waals surface area contributed by atoms with Crippen LogP contribution in [0.25, 0.3) is 0 Å². The Kier molecular flexibility index (Phi) is 8.70. The van der Waals surface area contributed by atoms with Gasteiger partial charge in [-0.3, -0.25) is 8.98 Å². The minimum Gasteiger partial charge on any atom is -0.299 e. The third-order valence-corrected chi connectivity index (χ3v) is 13.5. The quantitative estimate of drug-likeness (QED) is 0.214. The van der Waals surface area contributed by atoms with Crippen LogP contribution in [-0.2, 0) is 19.1 Å². The van der Waals surface area contributed by atoms with Gasteiger partial charge >= 0.3 is 0 Å². The molecule has 5 rings (SSSR count). The Morgan fingerprint density at radius 3 is 2.28 bits per heavy atom. The zero-order chi connectivity index (χ0) is 27.8. The number of aryl methyl sites for hydroxylation is 1. The van der Waals surface area contributed by atoms with Gasteiger partial charge in [0.05, 0.1) is 11.0 Å². The van der Waals surface area contributed by atoms with E-state index in [0.717, 1.165) is 30.7 Å². The van der Waals surface area contributed by atoms with Gasteiger partial charge in [-0.05, 0) is 105 Å². The van der Waals surface area contributed by atoms with Crippen molar-refractivity contribution in [3.8, 4) is 0 Å². The molecule has 0 unspecified atom stereocenters. The number of rotatable bonds is 10. The normalized spacial score (nSPS) is 38.2. The number of hydrogen-bond acceptors (Lipinski definition) is 4. The van der Waals surface area contributed by atoms with Crippen LogP contribution in [0.3, 0.4) is 0 Å². The summed E-state index contributed by atoms with van der Waals surface area (Å²) in [6.07, 6.45) is 17.1. The molecule has 39 heavy (non-hydrogen) atoms. The number of carbonyl (C=O) groups is 1. The van der Waals surface area contributed by atoms with E-state index >= 15 is 0 Å². The predicted octanol–water partition coefficient (Wildman–Crippen LogP) is 8.66. The van der Waals surface area contributed by atoms with Crippen LogP contribution in [0, 0.1) is 47.3 Å². The van der Waals surface area contributed by atoms with Gasteiger partial charge in [-0.25, -0.2) is 0 Å². The van der Waals surface area contributed by atoms with E-state index in [9.17, 15) is 13.2 Å². The summed E-state index contributed by atoms with van der Waals surface area (Å²) in [4.78, 5) is 14.1. The monoisotopic (exact) mass is 556 g/mol. The first kappa shape index (κ1) is 29.3. The van der Waals surface area contributed by atoms with E-state index in [-0.39, 0.29) is 28.3 Å². The van der Waals surface area contributed by atoms with Crippen LogP contribution in [0.5, 0.6) is 0 Å². The van der Waals surface area contributed by atoms with Gasteiger partial charge in [0.25, 0.3) is 10.1 Å². The summed E-state index contributed by atoms with van der Waals surface area (Å²) in [5, 5.41) is 0. The minimum atomic E-state index is -3.80. The highest BCUT2D eigenvalue weighted by atomic mass is 32.2. The highest BCUT2D eigenvalue weighted by Crippen LogP contribution is 2.67. The van der Waals surface area contributed by atoms with Crippen molar-refractivity contribution < 1.29 is 17.4 Å². The number of Topliss-reactive ketones (excluding diaryl/α,β-unsaturated/α-hetero) is 1. The fourth-order valence-corrected chi connectivity index (χ4v) is 10.8. The van der Waals surface area contributed by atoms with Crippen molar-refractivity contribution in [3.63, 3.8) is 0 Å². The Bertz CT molecular complexity index is 1110. The van der Waals surface area contributed by atoms with Gasteiger partial charge in [0, 0.05) is 12.3 Å². The van der Waals surface area contributed by atoms with Gasteiger partial charge in [-0.2, -0.15) is 8.42 Å². The lowest BCUT2D eigenvalue weighted by Gasteiger charge is -2.60. The standard InChI is InChI=1S/C34H52O4S/c1-5-6-7-8-9-10-11-25-14-17-29-32-30(19-21-33(25,29)3)34(4)20-18-27(22-26(34)23-31(32)35)38-39(36,37)28-15-12-24(2)13-16-28/h12-13,15-16,25-27,29-30,32H,5-11,14,17-23H2,1-4H3/t25-,26+,27-,29-,30-,32-,33+,34-/m0/s1. The van der Waals surface area contributed by atoms with E-state index in [4.69, 9.17) is 4.18 Å². The third-order valence-electron chi connectivity index (χ3n) is 12.1. The maximum absolute atomic E-state index is 13.9. The molecule has 0 spiro atoms. The summed E-state index contributed by atoms with van der Waals surface area (Å²) in [6, 6.07) is 6.89. The molecule has 8 atom stereocenters. The molecule has 4 aliphatic rings. The lowest BCUT2D eigenvalue weighted by molar-refractivity contribution is -0.159.